The summed E-state index contributed by atoms with van der Waals surface area (Å²) in [6.45, 7) is 3.87. The van der Waals surface area contributed by atoms with Crippen molar-refractivity contribution in [2.45, 2.75) is 13.8 Å². The van der Waals surface area contributed by atoms with Crippen molar-refractivity contribution in [2.75, 3.05) is 12.3 Å². The van der Waals surface area contributed by atoms with Gasteiger partial charge in [-0.15, -0.1) is 5.10 Å². The largest absolute Gasteiger partial charge is 0.462 e. The van der Waals surface area contributed by atoms with E-state index in [2.05, 4.69) is 10.2 Å². The van der Waals surface area contributed by atoms with E-state index in [0.29, 0.717) is 11.6 Å². The first kappa shape index (κ1) is 12.9. The zero-order chi connectivity index (χ0) is 13.8. The molecule has 2 rings (SSSR count). The molecule has 0 aliphatic carbocycles. The van der Waals surface area contributed by atoms with Gasteiger partial charge in [0.25, 0.3) is 0 Å². The summed E-state index contributed by atoms with van der Waals surface area (Å²) in [4.78, 5) is 11.8. The number of aromatic nitrogens is 2. The second-order valence-electron chi connectivity index (χ2n) is 3.94. The van der Waals surface area contributed by atoms with Crippen LogP contribution >= 0.6 is 0 Å². The number of nitrogens with zero attached hydrogens (tertiary/aromatic N) is 1. The lowest BCUT2D eigenvalue weighted by Crippen LogP contribution is -2.08. The van der Waals surface area contributed by atoms with Crippen LogP contribution in [0.25, 0.3) is 0 Å². The minimum absolute atomic E-state index is 0.257. The van der Waals surface area contributed by atoms with Crippen molar-refractivity contribution >= 4 is 11.7 Å². The minimum Gasteiger partial charge on any atom is -0.462 e. The molecule has 0 saturated carbocycles. The molecule has 0 unspecified atom stereocenters. The SMILES string of the molecule is CCOC(=O)c1cccc(N)c1Oc1cc(C)[nH]n1. The molecular weight excluding hydrogens is 246 g/mol. The Bertz CT molecular complexity index is 593. The Morgan fingerprint density at radius 2 is 2.26 bits per heavy atom. The van der Waals surface area contributed by atoms with Gasteiger partial charge in [-0.3, -0.25) is 5.10 Å². The van der Waals surface area contributed by atoms with Crippen molar-refractivity contribution in [3.05, 3.63) is 35.5 Å². The van der Waals surface area contributed by atoms with Crippen LogP contribution in [0, 0.1) is 6.92 Å². The Morgan fingerprint density at radius 1 is 1.47 bits per heavy atom. The lowest BCUT2D eigenvalue weighted by atomic mass is 10.1. The van der Waals surface area contributed by atoms with Gasteiger partial charge in [-0.05, 0) is 26.0 Å². The Balaban J connectivity index is 2.35. The fourth-order valence-electron chi connectivity index (χ4n) is 1.59. The number of aromatic amines is 1. The second kappa shape index (κ2) is 5.43. The summed E-state index contributed by atoms with van der Waals surface area (Å²) in [7, 11) is 0. The number of hydrogen-bond donors (Lipinski definition) is 2. The van der Waals surface area contributed by atoms with Crippen LogP contribution in [0.1, 0.15) is 23.0 Å². The van der Waals surface area contributed by atoms with Crippen molar-refractivity contribution in [2.24, 2.45) is 0 Å². The Kier molecular flexibility index (Phi) is 3.70. The van der Waals surface area contributed by atoms with Gasteiger partial charge in [0.2, 0.25) is 5.88 Å². The number of ether oxygens (including phenoxy) is 2. The molecule has 100 valence electrons. The zero-order valence-corrected chi connectivity index (χ0v) is 10.8. The highest BCUT2D eigenvalue weighted by molar-refractivity contribution is 5.94. The van der Waals surface area contributed by atoms with Crippen LogP contribution in [0.2, 0.25) is 0 Å². The molecule has 0 amide bonds. The van der Waals surface area contributed by atoms with E-state index in [4.69, 9.17) is 15.2 Å². The number of nitrogen functional groups attached to an aromatic ring is 1. The molecule has 0 aliphatic heterocycles. The van der Waals surface area contributed by atoms with E-state index in [0.717, 1.165) is 5.69 Å². The number of benzene rings is 1. The second-order valence-corrected chi connectivity index (χ2v) is 3.94. The van der Waals surface area contributed by atoms with Crippen LogP contribution < -0.4 is 10.5 Å². The van der Waals surface area contributed by atoms with Gasteiger partial charge < -0.3 is 15.2 Å². The average Bonchev–Trinajstić information content (AvgIpc) is 2.78. The van der Waals surface area contributed by atoms with Crippen LogP contribution in [0.3, 0.4) is 0 Å². The highest BCUT2D eigenvalue weighted by atomic mass is 16.5. The first-order chi connectivity index (χ1) is 9.11. The number of aryl methyl sites for hydroxylation is 1. The topological polar surface area (TPSA) is 90.2 Å². The monoisotopic (exact) mass is 261 g/mol. The van der Waals surface area contributed by atoms with Crippen molar-refractivity contribution in [3.8, 4) is 11.6 Å². The molecule has 0 aliphatic rings. The molecule has 0 radical (unpaired) electrons. The molecule has 0 fully saturated rings. The van der Waals surface area contributed by atoms with Gasteiger partial charge in [-0.25, -0.2) is 4.79 Å². The van der Waals surface area contributed by atoms with Crippen LogP contribution in [0.15, 0.2) is 24.3 Å². The zero-order valence-electron chi connectivity index (χ0n) is 10.8. The summed E-state index contributed by atoms with van der Waals surface area (Å²) in [5, 5.41) is 6.69. The number of esters is 1. The Morgan fingerprint density at radius 3 is 2.89 bits per heavy atom. The highest BCUT2D eigenvalue weighted by Crippen LogP contribution is 2.31. The number of carbonyl (C=O) groups is 1. The first-order valence-corrected chi connectivity index (χ1v) is 5.87. The molecular formula is C13H15N3O3. The van der Waals surface area contributed by atoms with Gasteiger partial charge in [-0.1, -0.05) is 6.07 Å². The minimum atomic E-state index is -0.475. The van der Waals surface area contributed by atoms with E-state index >= 15 is 0 Å². The van der Waals surface area contributed by atoms with Crippen molar-refractivity contribution < 1.29 is 14.3 Å². The molecule has 3 N–H and O–H groups in total. The summed E-state index contributed by atoms with van der Waals surface area (Å²) < 4.78 is 10.5. The fraction of sp³-hybridized carbons (Fsp3) is 0.231. The molecule has 1 heterocycles. The van der Waals surface area contributed by atoms with E-state index in [1.165, 1.54) is 0 Å². The summed E-state index contributed by atoms with van der Waals surface area (Å²) in [6, 6.07) is 6.63. The number of carbonyl (C=O) groups excluding carboxylic acids is 1. The lowest BCUT2D eigenvalue weighted by molar-refractivity contribution is 0.0523. The molecule has 6 heteroatoms. The van der Waals surface area contributed by atoms with E-state index in [-0.39, 0.29) is 17.9 Å². The molecule has 1 aromatic carbocycles. The maximum absolute atomic E-state index is 11.8. The predicted molar refractivity (Wildman–Crippen MR) is 70.2 cm³/mol. The number of rotatable bonds is 4. The van der Waals surface area contributed by atoms with E-state index < -0.39 is 5.97 Å². The van der Waals surface area contributed by atoms with Crippen molar-refractivity contribution in [3.63, 3.8) is 0 Å². The van der Waals surface area contributed by atoms with Crippen molar-refractivity contribution in [1.29, 1.82) is 0 Å². The summed E-state index contributed by atoms with van der Waals surface area (Å²) in [6.07, 6.45) is 0. The lowest BCUT2D eigenvalue weighted by Gasteiger charge is -2.10. The first-order valence-electron chi connectivity index (χ1n) is 5.87. The molecule has 19 heavy (non-hydrogen) atoms. The molecule has 0 saturated heterocycles. The molecule has 0 atom stereocenters. The van der Waals surface area contributed by atoms with E-state index in [1.54, 1.807) is 31.2 Å². The summed E-state index contributed by atoms with van der Waals surface area (Å²) in [5.41, 5.74) is 7.32. The predicted octanol–water partition coefficient (Wildman–Crippen LogP) is 2.27. The Labute approximate surface area is 110 Å². The third kappa shape index (κ3) is 2.85. The third-order valence-corrected chi connectivity index (χ3v) is 2.43. The quantitative estimate of drug-likeness (QED) is 0.650. The fourth-order valence-corrected chi connectivity index (χ4v) is 1.59. The standard InChI is InChI=1S/C13H15N3O3/c1-3-18-13(17)9-5-4-6-10(14)12(9)19-11-7-8(2)15-16-11/h4-7H,3,14H2,1-2H3,(H,15,16). The summed E-state index contributed by atoms with van der Waals surface area (Å²) >= 11 is 0. The number of anilines is 1. The molecule has 6 nitrogen and oxygen atoms in total. The van der Waals surface area contributed by atoms with Crippen molar-refractivity contribution in [1.82, 2.24) is 10.2 Å². The normalized spacial score (nSPS) is 10.2. The number of nitrogens with one attached hydrogen (secondary N) is 1. The van der Waals surface area contributed by atoms with Crippen LogP contribution in [0.4, 0.5) is 5.69 Å². The summed E-state index contributed by atoms with van der Waals surface area (Å²) in [5.74, 6) is 0.130. The van der Waals surface area contributed by atoms with Gasteiger partial charge in [0.05, 0.1) is 12.3 Å². The number of hydrogen-bond acceptors (Lipinski definition) is 5. The van der Waals surface area contributed by atoms with Crippen LogP contribution in [-0.4, -0.2) is 22.8 Å². The number of H-pyrrole nitrogens is 1. The smallest absolute Gasteiger partial charge is 0.342 e. The number of para-hydroxylation sites is 1. The van der Waals surface area contributed by atoms with Gasteiger partial charge in [0.1, 0.15) is 5.56 Å². The highest BCUT2D eigenvalue weighted by Gasteiger charge is 2.17. The van der Waals surface area contributed by atoms with Gasteiger partial charge in [0, 0.05) is 11.8 Å². The molecule has 0 spiro atoms. The maximum Gasteiger partial charge on any atom is 0.342 e. The van der Waals surface area contributed by atoms with E-state index in [1.807, 2.05) is 6.92 Å². The Hall–Kier alpha value is -2.50. The average molecular weight is 261 g/mol. The molecule has 2 aromatic rings. The van der Waals surface area contributed by atoms with Crippen LogP contribution in [0.5, 0.6) is 11.6 Å². The van der Waals surface area contributed by atoms with E-state index in [9.17, 15) is 4.79 Å². The number of nitrogens with two attached hydrogens (primary N) is 1. The van der Waals surface area contributed by atoms with Gasteiger partial charge in [0.15, 0.2) is 5.75 Å². The molecule has 1 aromatic heterocycles. The molecule has 0 bridgehead atoms. The third-order valence-electron chi connectivity index (χ3n) is 2.43. The van der Waals surface area contributed by atoms with Gasteiger partial charge in [-0.2, -0.15) is 0 Å². The van der Waals surface area contributed by atoms with Gasteiger partial charge >= 0.3 is 5.97 Å². The maximum atomic E-state index is 11.8. The van der Waals surface area contributed by atoms with Crippen LogP contribution in [-0.2, 0) is 4.74 Å².